The Morgan fingerprint density at radius 1 is 0.297 bits per heavy atom. The molecule has 8 aliphatic carbocycles. The smallest absolute Gasteiger partial charge is 0.240 e. The molecule has 0 unspecified atom stereocenters. The molecule has 0 saturated heterocycles. The molecule has 0 atom stereocenters. The predicted molar refractivity (Wildman–Crippen MR) is 587 cm³/mol. The number of nitrogens with one attached hydrogen (secondary N) is 8. The molecule has 30 nitrogen and oxygen atoms in total. The first kappa shape index (κ1) is 114. The number of halogens is 1. The van der Waals surface area contributed by atoms with Crippen LogP contribution in [0.5, 0.6) is 0 Å². The molecule has 18 rings (SSSR count). The quantitative estimate of drug-likeness (QED) is 0.0189. The zero-order valence-electron chi connectivity index (χ0n) is 89.3. The van der Waals surface area contributed by atoms with Crippen molar-refractivity contribution >= 4 is 104 Å². The predicted octanol–water partition coefficient (Wildman–Crippen LogP) is 14.5. The number of aryl methyl sites for hydroxylation is 6. The van der Waals surface area contributed by atoms with Gasteiger partial charge in [0.1, 0.15) is 11.6 Å². The van der Waals surface area contributed by atoms with Crippen LogP contribution >= 0.6 is 0 Å². The summed E-state index contributed by atoms with van der Waals surface area (Å²) in [5.74, 6) is 1.95. The SMILES string of the molecule is CN1CCc2ccc(N(C)C(=O)CNC3CCC3)cc21.CN1CCc2ccc(N(C)C(=O)CNCC3CC3)cc21.Cc1ccc(N(C)C(=O)CNC2CCC2)cc1.Cc1ccc(N(C)C(=O)CNC2CCC2)cc1F.Cc1ccc(N(C)C(=O)CNC2CCC2)cn1.Cc1ccc(N(C)C(=O)CNC2CCCC2)cc1.Cc1ccc(N(C)C(=O)CNC2CCCC2)cn1.Cc1ncc(N(C)C(=O)CNC2CCC2)cn1. The van der Waals surface area contributed by atoms with Gasteiger partial charge in [0.05, 0.1) is 94.2 Å². The molecule has 8 aromatic rings. The van der Waals surface area contributed by atoms with Crippen LogP contribution in [0.15, 0.2) is 152 Å². The summed E-state index contributed by atoms with van der Waals surface area (Å²) >= 11 is 0. The summed E-state index contributed by atoms with van der Waals surface area (Å²) < 4.78 is 13.4. The van der Waals surface area contributed by atoms with Crippen molar-refractivity contribution in [3.05, 3.63) is 203 Å². The number of hydrogen-bond acceptors (Lipinski definition) is 22. The monoisotopic (exact) mass is 1990 g/mol. The van der Waals surface area contributed by atoms with Crippen molar-refractivity contribution in [2.45, 2.75) is 257 Å². The molecule has 0 spiro atoms. The van der Waals surface area contributed by atoms with Gasteiger partial charge in [-0.05, 0) is 271 Å². The molecule has 786 valence electrons. The molecule has 0 bridgehead atoms. The van der Waals surface area contributed by atoms with Gasteiger partial charge in [0, 0.05) is 177 Å². The second kappa shape index (κ2) is 58.1. The molecule has 145 heavy (non-hydrogen) atoms. The van der Waals surface area contributed by atoms with Crippen molar-refractivity contribution in [3.63, 3.8) is 0 Å². The largest absolute Gasteiger partial charge is 0.374 e. The van der Waals surface area contributed by atoms with Crippen LogP contribution in [0.25, 0.3) is 0 Å². The van der Waals surface area contributed by atoms with Crippen LogP contribution in [0.2, 0.25) is 0 Å². The average Bonchev–Trinajstić information content (AvgIpc) is 1.67. The Hall–Kier alpha value is -11.6. The Morgan fingerprint density at radius 2 is 0.552 bits per heavy atom. The first-order chi connectivity index (χ1) is 69.7. The molecule has 8 N–H and O–H groups in total. The number of nitrogens with zero attached hydrogens (tertiary/aromatic N) is 14. The van der Waals surface area contributed by atoms with Gasteiger partial charge in [-0.3, -0.25) is 48.3 Å². The number of hydrogen-bond donors (Lipinski definition) is 8. The molecule has 31 heteroatoms. The summed E-state index contributed by atoms with van der Waals surface area (Å²) in [5.41, 5.74) is 17.1. The highest BCUT2D eigenvalue weighted by Gasteiger charge is 2.29. The molecule has 8 saturated carbocycles. The van der Waals surface area contributed by atoms with Crippen LogP contribution in [0.4, 0.5) is 61.3 Å². The van der Waals surface area contributed by atoms with Gasteiger partial charge in [-0.2, -0.15) is 0 Å². The first-order valence-corrected chi connectivity index (χ1v) is 52.9. The summed E-state index contributed by atoms with van der Waals surface area (Å²) in [4.78, 5) is 131. The van der Waals surface area contributed by atoms with Crippen LogP contribution in [-0.4, -0.2) is 252 Å². The van der Waals surface area contributed by atoms with Crippen molar-refractivity contribution in [1.29, 1.82) is 0 Å². The summed E-state index contributed by atoms with van der Waals surface area (Å²) in [6.45, 7) is 17.9. The maximum absolute atomic E-state index is 13.4. The van der Waals surface area contributed by atoms with Gasteiger partial charge in [-0.25, -0.2) is 14.4 Å². The number of aromatic nitrogens is 4. The van der Waals surface area contributed by atoms with E-state index in [1.165, 1.54) is 192 Å². The van der Waals surface area contributed by atoms with Crippen molar-refractivity contribution in [2.75, 3.05) is 191 Å². The number of carbonyl (C=O) groups is 8. The number of amides is 8. The van der Waals surface area contributed by atoms with E-state index in [1.54, 1.807) is 106 Å². The Balaban J connectivity index is 0.000000158. The van der Waals surface area contributed by atoms with Gasteiger partial charge in [-0.15, -0.1) is 0 Å². The number of pyridine rings is 2. The van der Waals surface area contributed by atoms with E-state index >= 15 is 0 Å². The Labute approximate surface area is 862 Å². The minimum Gasteiger partial charge on any atom is -0.374 e. The van der Waals surface area contributed by atoms with E-state index in [0.717, 1.165) is 102 Å². The van der Waals surface area contributed by atoms with Crippen molar-refractivity contribution in [1.82, 2.24) is 62.5 Å². The minimum absolute atomic E-state index is 0.0369. The minimum atomic E-state index is -0.279. The van der Waals surface area contributed by atoms with Crippen molar-refractivity contribution in [2.24, 2.45) is 5.92 Å². The lowest BCUT2D eigenvalue weighted by Gasteiger charge is -2.27. The zero-order valence-corrected chi connectivity index (χ0v) is 89.3. The summed E-state index contributed by atoms with van der Waals surface area (Å²) in [5, 5.41) is 26.3. The van der Waals surface area contributed by atoms with E-state index in [1.807, 2.05) is 136 Å². The molecule has 10 aliphatic rings. The number of fused-ring (bicyclic) bond motifs is 2. The van der Waals surface area contributed by atoms with Crippen LogP contribution in [-0.2, 0) is 51.2 Å². The number of carbonyl (C=O) groups excluding carboxylic acids is 8. The molecule has 8 amide bonds. The summed E-state index contributed by atoms with van der Waals surface area (Å²) in [7, 11) is 18.6. The third kappa shape index (κ3) is 36.8. The van der Waals surface area contributed by atoms with Gasteiger partial charge in [0.15, 0.2) is 0 Å². The third-order valence-electron chi connectivity index (χ3n) is 29.7. The Morgan fingerprint density at radius 3 is 0.834 bits per heavy atom. The lowest BCUT2D eigenvalue weighted by molar-refractivity contribution is -0.118. The molecule has 5 heterocycles. The average molecular weight is 1990 g/mol. The molecular weight excluding hydrogens is 1820 g/mol. The molecule has 8 fully saturated rings. The maximum Gasteiger partial charge on any atom is 0.240 e. The van der Waals surface area contributed by atoms with E-state index in [-0.39, 0.29) is 53.1 Å². The lowest BCUT2D eigenvalue weighted by atomic mass is 9.93. The Kier molecular flexibility index (Phi) is 45.6. The van der Waals surface area contributed by atoms with Gasteiger partial charge in [-0.1, -0.05) is 111 Å². The molecule has 0 radical (unpaired) electrons. The van der Waals surface area contributed by atoms with E-state index in [2.05, 4.69) is 123 Å². The first-order valence-electron chi connectivity index (χ1n) is 52.9. The fourth-order valence-corrected chi connectivity index (χ4v) is 17.4. The van der Waals surface area contributed by atoms with E-state index in [0.29, 0.717) is 112 Å². The molecule has 5 aromatic carbocycles. The lowest BCUT2D eigenvalue weighted by Crippen LogP contribution is -2.42. The van der Waals surface area contributed by atoms with Crippen LogP contribution < -0.4 is 91.5 Å². The fourth-order valence-electron chi connectivity index (χ4n) is 17.4. The number of likely N-dealkylation sites (N-methyl/N-ethyl adjacent to an activating group) is 10. The van der Waals surface area contributed by atoms with Crippen molar-refractivity contribution < 1.29 is 42.7 Å². The molecule has 2 aliphatic heterocycles. The second-order valence-electron chi connectivity index (χ2n) is 40.8. The second-order valence-corrected chi connectivity index (χ2v) is 40.8. The Bertz CT molecular complexity index is 5130. The van der Waals surface area contributed by atoms with Gasteiger partial charge < -0.3 is 91.5 Å². The normalized spacial score (nSPS) is 16.1. The number of anilines is 10. The number of benzene rings is 5. The van der Waals surface area contributed by atoms with Gasteiger partial charge >= 0.3 is 0 Å². The summed E-state index contributed by atoms with van der Waals surface area (Å²) in [6, 6.07) is 45.0. The summed E-state index contributed by atoms with van der Waals surface area (Å²) in [6.07, 6.45) is 39.9. The van der Waals surface area contributed by atoms with Crippen LogP contribution in [0.1, 0.15) is 206 Å². The van der Waals surface area contributed by atoms with Gasteiger partial charge in [0.2, 0.25) is 47.3 Å². The fraction of sp³-hybridized carbons (Fsp3) is 0.544. The maximum atomic E-state index is 13.4. The highest BCUT2D eigenvalue weighted by molar-refractivity contribution is 5.99. The van der Waals surface area contributed by atoms with Crippen LogP contribution in [0, 0.1) is 53.3 Å². The number of rotatable bonds is 33. The zero-order chi connectivity index (χ0) is 104. The van der Waals surface area contributed by atoms with E-state index < -0.39 is 0 Å². The highest BCUT2D eigenvalue weighted by atomic mass is 19.1. The van der Waals surface area contributed by atoms with E-state index in [9.17, 15) is 42.7 Å². The molecular formula is C114H165FN22O8. The topological polar surface area (TPSA) is 317 Å². The standard InChI is InChI=1S/2C16H23N3O.C15H22N2O.C14H19FN2O.C14H21N3O.C14H20N2O.C13H19N3O.C12H18N4O/c1-18-8-7-13-5-6-14(9-15(13)18)19(2)16(20)11-17-10-12-3-4-12;1-18-9-8-12-6-7-14(10-15(12)18)19(2)16(20)11-17-13-4-3-5-13;1-12-7-9-14(10-8-12)17(2)15(18)11-16-13-5-3-4-6-13;1-10-6-7-12(8-13(10)15)17(2)14(18)9-16-11-4-3-5-11;1-11-7-8-13(9-15-11)17(2)14(18)10-16-12-5-3-4-6-12;1-11-6-8-13(9-7-11)16(2)14(17)10-15-12-4-3-5-12;1-10-6-7-12(8-14-10)16(2)13(17)9-15-11-4-3-5-11;1-9-13-6-11(7-14-9)16(2)12(17)8-15-10-4-3-5-10/h5-6,9,12,17H,3-4,7-8,10-11H2,1-2H3;6-7,10,13,17H,3-5,8-9,11H2,1-2H3;7-10,13,16H,3-6,11H2,1-2H3;6-8,11,16H,3-5,9H2,1-2H3;7-9,12,16H,3-6,10H2,1-2H3;6-9,12,15H,3-5,10H2,1-2H3;6-8,11,15H,3-5,9H2,1-2H3;6-7,10,15H,3-5,8H2,1-2H3. The van der Waals surface area contributed by atoms with E-state index in [4.69, 9.17) is 0 Å². The van der Waals surface area contributed by atoms with Crippen molar-refractivity contribution in [3.8, 4) is 0 Å². The van der Waals surface area contributed by atoms with Gasteiger partial charge in [0.25, 0.3) is 0 Å². The third-order valence-corrected chi connectivity index (χ3v) is 29.7. The molecule has 3 aromatic heterocycles. The highest BCUT2D eigenvalue weighted by Crippen LogP contribution is 2.35. The van der Waals surface area contributed by atoms with Crippen LogP contribution in [0.3, 0.4) is 0 Å².